The van der Waals surface area contributed by atoms with E-state index in [9.17, 15) is 24.3 Å². The lowest BCUT2D eigenvalue weighted by Crippen LogP contribution is -2.33. The molecule has 1 aliphatic heterocycles. The fourth-order valence-electron chi connectivity index (χ4n) is 3.52. The summed E-state index contributed by atoms with van der Waals surface area (Å²) >= 11 is 1.05. The van der Waals surface area contributed by atoms with Gasteiger partial charge in [-0.1, -0.05) is 43.0 Å². The fourth-order valence-corrected chi connectivity index (χ4v) is 4.58. The third kappa shape index (κ3) is 6.35. The van der Waals surface area contributed by atoms with Crippen molar-refractivity contribution in [1.82, 2.24) is 4.90 Å². The molecule has 9 heteroatoms. The molecule has 2 aromatic carbocycles. The lowest BCUT2D eigenvalue weighted by Gasteiger charge is -2.14. The summed E-state index contributed by atoms with van der Waals surface area (Å²) in [5.74, 6) is -2.19. The Morgan fingerprint density at radius 3 is 2.39 bits per heavy atom. The standard InChI is InChI=1S/C24H26N2O6S/c1-2-15-6-8-16(9-7-15)13-20-22(29)26(24(32)33-20)12-4-3-5-21(28)25-17-10-11-18(23(30)31)19(27)14-17/h6-11,14,20,27H,2-5,12-13H2,1H3,(H,25,28)(H,30,31). The first kappa shape index (κ1) is 24.3. The van der Waals surface area contributed by atoms with Gasteiger partial charge in [-0.3, -0.25) is 19.3 Å². The lowest BCUT2D eigenvalue weighted by atomic mass is 10.1. The van der Waals surface area contributed by atoms with Crippen molar-refractivity contribution in [2.45, 2.75) is 44.3 Å². The van der Waals surface area contributed by atoms with Crippen LogP contribution < -0.4 is 5.32 Å². The fraction of sp³-hybridized carbons (Fsp3) is 0.333. The van der Waals surface area contributed by atoms with Crippen LogP contribution in [-0.2, 0) is 22.4 Å². The molecule has 1 aliphatic rings. The molecule has 174 valence electrons. The van der Waals surface area contributed by atoms with E-state index in [4.69, 9.17) is 5.11 Å². The first-order valence-electron chi connectivity index (χ1n) is 10.7. The van der Waals surface area contributed by atoms with Crippen molar-refractivity contribution in [1.29, 1.82) is 0 Å². The Morgan fingerprint density at radius 2 is 1.76 bits per heavy atom. The molecule has 0 bridgehead atoms. The topological polar surface area (TPSA) is 124 Å². The van der Waals surface area contributed by atoms with Crippen LogP contribution in [0.1, 0.15) is 47.7 Å². The molecule has 0 aromatic heterocycles. The Hall–Kier alpha value is -3.33. The van der Waals surface area contributed by atoms with Crippen molar-refractivity contribution in [3.63, 3.8) is 0 Å². The van der Waals surface area contributed by atoms with Gasteiger partial charge in [-0.2, -0.15) is 0 Å². The molecule has 3 N–H and O–H groups in total. The third-order valence-corrected chi connectivity index (χ3v) is 6.48. The number of nitrogens with zero attached hydrogens (tertiary/aromatic N) is 1. The van der Waals surface area contributed by atoms with E-state index >= 15 is 0 Å². The number of aromatic hydroxyl groups is 1. The SMILES string of the molecule is CCc1ccc(CC2SC(=O)N(CCCCC(=O)Nc3ccc(C(=O)O)c(O)c3)C2=O)cc1. The maximum absolute atomic E-state index is 12.7. The molecule has 8 nitrogen and oxygen atoms in total. The first-order valence-corrected chi connectivity index (χ1v) is 11.6. The highest BCUT2D eigenvalue weighted by atomic mass is 32.2. The van der Waals surface area contributed by atoms with E-state index in [1.807, 2.05) is 24.3 Å². The zero-order valence-electron chi connectivity index (χ0n) is 18.2. The Kier molecular flexibility index (Phi) is 8.11. The van der Waals surface area contributed by atoms with Gasteiger partial charge in [0.15, 0.2) is 0 Å². The maximum atomic E-state index is 12.7. The predicted octanol–water partition coefficient (Wildman–Crippen LogP) is 4.07. The number of anilines is 1. The summed E-state index contributed by atoms with van der Waals surface area (Å²) in [6, 6.07) is 11.8. The Balaban J connectivity index is 1.43. The van der Waals surface area contributed by atoms with Crippen molar-refractivity contribution in [2.24, 2.45) is 0 Å². The molecule has 3 amide bonds. The number of carbonyl (C=O) groups is 4. The molecule has 3 rings (SSSR count). The summed E-state index contributed by atoms with van der Waals surface area (Å²) in [5.41, 5.74) is 2.28. The van der Waals surface area contributed by atoms with Gasteiger partial charge in [0.2, 0.25) is 11.8 Å². The molecule has 33 heavy (non-hydrogen) atoms. The second-order valence-electron chi connectivity index (χ2n) is 7.78. The van der Waals surface area contributed by atoms with Crippen LogP contribution in [0.25, 0.3) is 0 Å². The van der Waals surface area contributed by atoms with Gasteiger partial charge < -0.3 is 15.5 Å². The van der Waals surface area contributed by atoms with E-state index < -0.39 is 17.0 Å². The molecule has 1 saturated heterocycles. The highest BCUT2D eigenvalue weighted by molar-refractivity contribution is 8.15. The number of amides is 3. The molecule has 2 aromatic rings. The minimum absolute atomic E-state index is 0.165. The molecule has 1 unspecified atom stereocenters. The number of carboxylic acids is 1. The van der Waals surface area contributed by atoms with Crippen LogP contribution in [0.15, 0.2) is 42.5 Å². The van der Waals surface area contributed by atoms with Crippen molar-refractivity contribution < 1.29 is 29.4 Å². The van der Waals surface area contributed by atoms with Crippen LogP contribution in [-0.4, -0.2) is 49.9 Å². The number of nitrogens with one attached hydrogen (secondary N) is 1. The van der Waals surface area contributed by atoms with Crippen LogP contribution in [0, 0.1) is 0 Å². The van der Waals surface area contributed by atoms with Crippen molar-refractivity contribution in [3.05, 3.63) is 59.2 Å². The van der Waals surface area contributed by atoms with E-state index in [-0.39, 0.29) is 35.6 Å². The molecular formula is C24H26N2O6S. The van der Waals surface area contributed by atoms with Crippen LogP contribution in [0.3, 0.4) is 0 Å². The summed E-state index contributed by atoms with van der Waals surface area (Å²) in [7, 11) is 0. The number of hydrogen-bond acceptors (Lipinski definition) is 6. The lowest BCUT2D eigenvalue weighted by molar-refractivity contribution is -0.126. The normalized spacial score (nSPS) is 15.7. The molecule has 1 fully saturated rings. The number of phenols is 1. The second kappa shape index (κ2) is 11.0. The maximum Gasteiger partial charge on any atom is 0.339 e. The highest BCUT2D eigenvalue weighted by Gasteiger charge is 2.38. The molecule has 0 radical (unpaired) electrons. The molecule has 0 aliphatic carbocycles. The number of aryl methyl sites for hydroxylation is 1. The van der Waals surface area contributed by atoms with Crippen molar-refractivity contribution >= 4 is 40.5 Å². The van der Waals surface area contributed by atoms with E-state index in [2.05, 4.69) is 12.2 Å². The minimum atomic E-state index is -1.26. The Labute approximate surface area is 196 Å². The molecule has 0 spiro atoms. The number of carboxylic acid groups (broad SMARTS) is 1. The number of imide groups is 1. The summed E-state index contributed by atoms with van der Waals surface area (Å²) < 4.78 is 0. The van der Waals surface area contributed by atoms with Gasteiger partial charge in [0.1, 0.15) is 11.3 Å². The van der Waals surface area contributed by atoms with Crippen LogP contribution in [0.4, 0.5) is 10.5 Å². The van der Waals surface area contributed by atoms with Gasteiger partial charge in [-0.05, 0) is 48.9 Å². The largest absolute Gasteiger partial charge is 0.507 e. The van der Waals surface area contributed by atoms with E-state index in [1.165, 1.54) is 28.7 Å². The van der Waals surface area contributed by atoms with Crippen LogP contribution in [0.2, 0.25) is 0 Å². The molecule has 1 heterocycles. The van der Waals surface area contributed by atoms with Gasteiger partial charge in [0.05, 0.1) is 5.25 Å². The van der Waals surface area contributed by atoms with E-state index in [0.29, 0.717) is 24.9 Å². The van der Waals surface area contributed by atoms with Gasteiger partial charge in [0, 0.05) is 24.7 Å². The number of aromatic carboxylic acids is 1. The summed E-state index contributed by atoms with van der Waals surface area (Å²) in [6.07, 6.45) is 2.58. The monoisotopic (exact) mass is 470 g/mol. The molecule has 0 saturated carbocycles. The van der Waals surface area contributed by atoms with Crippen molar-refractivity contribution in [3.8, 4) is 5.75 Å². The van der Waals surface area contributed by atoms with Crippen LogP contribution in [0.5, 0.6) is 5.75 Å². The summed E-state index contributed by atoms with van der Waals surface area (Å²) in [6.45, 7) is 2.34. The first-order chi connectivity index (χ1) is 15.8. The number of rotatable bonds is 10. The Morgan fingerprint density at radius 1 is 1.06 bits per heavy atom. The highest BCUT2D eigenvalue weighted by Crippen LogP contribution is 2.30. The zero-order chi connectivity index (χ0) is 24.0. The predicted molar refractivity (Wildman–Crippen MR) is 126 cm³/mol. The molecule has 1 atom stereocenters. The van der Waals surface area contributed by atoms with Gasteiger partial charge in [-0.25, -0.2) is 4.79 Å². The summed E-state index contributed by atoms with van der Waals surface area (Å²) in [4.78, 5) is 49.2. The zero-order valence-corrected chi connectivity index (χ0v) is 19.1. The third-order valence-electron chi connectivity index (χ3n) is 5.40. The molecular weight excluding hydrogens is 444 g/mol. The number of unbranched alkanes of at least 4 members (excludes halogenated alkanes) is 1. The van der Waals surface area contributed by atoms with Gasteiger partial charge >= 0.3 is 5.97 Å². The Bertz CT molecular complexity index is 1050. The van der Waals surface area contributed by atoms with Crippen molar-refractivity contribution in [2.75, 3.05) is 11.9 Å². The quantitative estimate of drug-likeness (QED) is 0.447. The number of benzene rings is 2. The van der Waals surface area contributed by atoms with E-state index in [0.717, 1.165) is 23.7 Å². The average molecular weight is 471 g/mol. The number of carbonyl (C=O) groups excluding carboxylic acids is 3. The smallest absolute Gasteiger partial charge is 0.339 e. The average Bonchev–Trinajstić information content (AvgIpc) is 3.04. The minimum Gasteiger partial charge on any atom is -0.507 e. The van der Waals surface area contributed by atoms with Gasteiger partial charge in [0.25, 0.3) is 5.24 Å². The summed E-state index contributed by atoms with van der Waals surface area (Å²) in [5, 5.41) is 20.5. The van der Waals surface area contributed by atoms with Gasteiger partial charge in [-0.15, -0.1) is 0 Å². The number of thioether (sulfide) groups is 1. The number of hydrogen-bond donors (Lipinski definition) is 3. The second-order valence-corrected chi connectivity index (χ2v) is 8.93. The van der Waals surface area contributed by atoms with Crippen LogP contribution >= 0.6 is 11.8 Å². The van der Waals surface area contributed by atoms with E-state index in [1.54, 1.807) is 0 Å².